The van der Waals surface area contributed by atoms with E-state index in [1.165, 1.54) is 51.4 Å². The number of aliphatic hydroxyl groups excluding tert-OH is 8. The smallest absolute Gasteiger partial charge is 0.220 e. The number of hydrogen-bond acceptors (Lipinski definition) is 13. The molecular formula is C37H71NO13. The van der Waals surface area contributed by atoms with E-state index in [1.807, 2.05) is 0 Å². The zero-order valence-electron chi connectivity index (χ0n) is 31.1. The van der Waals surface area contributed by atoms with Gasteiger partial charge in [-0.2, -0.15) is 0 Å². The molecule has 0 aromatic heterocycles. The molecule has 2 fully saturated rings. The number of carbonyl (C=O) groups excluding carboxylic acids is 1. The minimum Gasteiger partial charge on any atom is -0.394 e. The van der Waals surface area contributed by atoms with Crippen molar-refractivity contribution in [2.24, 2.45) is 0 Å². The van der Waals surface area contributed by atoms with Crippen LogP contribution in [0.3, 0.4) is 0 Å². The van der Waals surface area contributed by atoms with Crippen molar-refractivity contribution in [1.82, 2.24) is 5.32 Å². The van der Waals surface area contributed by atoms with E-state index in [-0.39, 0.29) is 12.5 Å². The SMILES string of the molecule is CCCCCCCCCCCCCC(O)C(COC1OC(CO)C(OC2OC(CO)C(O)C(O)C2O)C(O)C1O)NC(=O)CCCCCCCC. The molecule has 14 heteroatoms. The first-order chi connectivity index (χ1) is 24.6. The van der Waals surface area contributed by atoms with Crippen LogP contribution in [0, 0.1) is 0 Å². The summed E-state index contributed by atoms with van der Waals surface area (Å²) in [6.07, 6.45) is 3.08. The topological polar surface area (TPSA) is 228 Å². The summed E-state index contributed by atoms with van der Waals surface area (Å²) in [5, 5.41) is 86.0. The molecule has 14 nitrogen and oxygen atoms in total. The van der Waals surface area contributed by atoms with Crippen LogP contribution in [0.4, 0.5) is 0 Å². The molecule has 302 valence electrons. The van der Waals surface area contributed by atoms with Crippen LogP contribution < -0.4 is 5.32 Å². The molecule has 12 atom stereocenters. The standard InChI is InChI=1S/C37H71NO13/c1-3-5-7-9-11-12-13-14-15-16-18-20-26(41)25(38-29(42)21-19-17-10-8-6-4-2)24-48-36-34(47)32(45)35(28(23-40)50-36)51-37-33(46)31(44)30(43)27(22-39)49-37/h25-28,30-37,39-41,43-47H,3-24H2,1-2H3,(H,38,42). The van der Waals surface area contributed by atoms with E-state index in [9.17, 15) is 45.6 Å². The number of hydrogen-bond donors (Lipinski definition) is 9. The Bertz CT molecular complexity index is 883. The van der Waals surface area contributed by atoms with Gasteiger partial charge >= 0.3 is 0 Å². The van der Waals surface area contributed by atoms with Crippen molar-refractivity contribution >= 4 is 5.91 Å². The quantitative estimate of drug-likeness (QED) is 0.0524. The highest BCUT2D eigenvalue weighted by Crippen LogP contribution is 2.30. The van der Waals surface area contributed by atoms with Gasteiger partial charge < -0.3 is 65.1 Å². The molecule has 1 amide bonds. The summed E-state index contributed by atoms with van der Waals surface area (Å²) in [7, 11) is 0. The van der Waals surface area contributed by atoms with Crippen molar-refractivity contribution in [2.45, 2.75) is 209 Å². The van der Waals surface area contributed by atoms with Crippen molar-refractivity contribution in [3.63, 3.8) is 0 Å². The Balaban J connectivity index is 1.94. The molecular weight excluding hydrogens is 666 g/mol. The third-order valence-electron chi connectivity index (χ3n) is 10.1. The number of rotatable bonds is 28. The molecule has 0 radical (unpaired) electrons. The highest BCUT2D eigenvalue weighted by Gasteiger charge is 2.50. The summed E-state index contributed by atoms with van der Waals surface area (Å²) < 4.78 is 22.5. The first-order valence-electron chi connectivity index (χ1n) is 19.8. The highest BCUT2D eigenvalue weighted by molar-refractivity contribution is 5.76. The Morgan fingerprint density at radius 3 is 1.67 bits per heavy atom. The molecule has 0 spiro atoms. The lowest BCUT2D eigenvalue weighted by atomic mass is 9.97. The molecule has 0 aromatic carbocycles. The van der Waals surface area contributed by atoms with E-state index in [4.69, 9.17) is 18.9 Å². The third-order valence-corrected chi connectivity index (χ3v) is 10.1. The summed E-state index contributed by atoms with van der Waals surface area (Å²) in [4.78, 5) is 12.9. The first kappa shape index (κ1) is 46.1. The number of unbranched alkanes of at least 4 members (excludes halogenated alkanes) is 15. The van der Waals surface area contributed by atoms with Crippen molar-refractivity contribution in [3.05, 3.63) is 0 Å². The average molecular weight is 738 g/mol. The highest BCUT2D eigenvalue weighted by atomic mass is 16.7. The van der Waals surface area contributed by atoms with E-state index in [2.05, 4.69) is 19.2 Å². The summed E-state index contributed by atoms with van der Waals surface area (Å²) in [5.74, 6) is -0.219. The zero-order valence-corrected chi connectivity index (χ0v) is 31.1. The molecule has 9 N–H and O–H groups in total. The van der Waals surface area contributed by atoms with Gasteiger partial charge in [0.1, 0.15) is 48.8 Å². The average Bonchev–Trinajstić information content (AvgIpc) is 3.12. The van der Waals surface area contributed by atoms with Crippen LogP contribution in [0.1, 0.15) is 136 Å². The van der Waals surface area contributed by atoms with Gasteiger partial charge in [-0.3, -0.25) is 4.79 Å². The lowest BCUT2D eigenvalue weighted by Crippen LogP contribution is -2.65. The van der Waals surface area contributed by atoms with Crippen LogP contribution >= 0.6 is 0 Å². The fourth-order valence-corrected chi connectivity index (χ4v) is 6.70. The van der Waals surface area contributed by atoms with E-state index in [1.54, 1.807) is 0 Å². The first-order valence-corrected chi connectivity index (χ1v) is 19.8. The minimum absolute atomic E-state index is 0.219. The molecule has 2 saturated heterocycles. The Labute approximate surface area is 304 Å². The number of amides is 1. The predicted octanol–water partition coefficient (Wildman–Crippen LogP) is 1.92. The summed E-state index contributed by atoms with van der Waals surface area (Å²) in [5.41, 5.74) is 0. The van der Waals surface area contributed by atoms with Crippen molar-refractivity contribution in [2.75, 3.05) is 19.8 Å². The lowest BCUT2D eigenvalue weighted by Gasteiger charge is -2.46. The maximum absolute atomic E-state index is 12.9. The van der Waals surface area contributed by atoms with Crippen LogP contribution in [-0.2, 0) is 23.7 Å². The lowest BCUT2D eigenvalue weighted by molar-refractivity contribution is -0.359. The number of ether oxygens (including phenoxy) is 4. The van der Waals surface area contributed by atoms with Crippen molar-refractivity contribution in [3.8, 4) is 0 Å². The second-order valence-electron chi connectivity index (χ2n) is 14.4. The molecule has 2 aliphatic rings. The molecule has 0 aromatic rings. The van der Waals surface area contributed by atoms with Gasteiger partial charge in [-0.1, -0.05) is 117 Å². The Morgan fingerprint density at radius 2 is 1.12 bits per heavy atom. The largest absolute Gasteiger partial charge is 0.394 e. The molecule has 2 rings (SSSR count). The molecule has 0 aliphatic carbocycles. The van der Waals surface area contributed by atoms with Crippen molar-refractivity contribution in [1.29, 1.82) is 0 Å². The second kappa shape index (κ2) is 26.7. The molecule has 12 unspecified atom stereocenters. The second-order valence-corrected chi connectivity index (χ2v) is 14.4. The Morgan fingerprint density at radius 1 is 0.627 bits per heavy atom. The van der Waals surface area contributed by atoms with Crippen LogP contribution in [0.15, 0.2) is 0 Å². The van der Waals surface area contributed by atoms with E-state index in [0.717, 1.165) is 57.8 Å². The van der Waals surface area contributed by atoms with E-state index in [0.29, 0.717) is 12.8 Å². The fraction of sp³-hybridized carbons (Fsp3) is 0.973. The van der Waals surface area contributed by atoms with Crippen LogP contribution in [0.2, 0.25) is 0 Å². The molecule has 51 heavy (non-hydrogen) atoms. The molecule has 2 aliphatic heterocycles. The predicted molar refractivity (Wildman–Crippen MR) is 189 cm³/mol. The maximum Gasteiger partial charge on any atom is 0.220 e. The monoisotopic (exact) mass is 737 g/mol. The maximum atomic E-state index is 12.9. The minimum atomic E-state index is -1.78. The van der Waals surface area contributed by atoms with Crippen molar-refractivity contribution < 1.29 is 64.6 Å². The molecule has 2 heterocycles. The Kier molecular flexibility index (Phi) is 24.2. The van der Waals surface area contributed by atoms with E-state index < -0.39 is 86.8 Å². The van der Waals surface area contributed by atoms with Gasteiger partial charge in [0.15, 0.2) is 12.6 Å². The molecule has 0 bridgehead atoms. The Hall–Kier alpha value is -1.01. The van der Waals surface area contributed by atoms with Gasteiger partial charge in [-0.05, 0) is 12.8 Å². The number of nitrogens with one attached hydrogen (secondary N) is 1. The van der Waals surface area contributed by atoms with Crippen LogP contribution in [0.25, 0.3) is 0 Å². The van der Waals surface area contributed by atoms with Gasteiger partial charge in [-0.15, -0.1) is 0 Å². The van der Waals surface area contributed by atoms with Gasteiger partial charge in [-0.25, -0.2) is 0 Å². The van der Waals surface area contributed by atoms with Gasteiger partial charge in [0.25, 0.3) is 0 Å². The van der Waals surface area contributed by atoms with Gasteiger partial charge in [0.05, 0.1) is 32.0 Å². The summed E-state index contributed by atoms with van der Waals surface area (Å²) >= 11 is 0. The van der Waals surface area contributed by atoms with Gasteiger partial charge in [0.2, 0.25) is 5.91 Å². The summed E-state index contributed by atoms with van der Waals surface area (Å²) in [6, 6.07) is -0.815. The fourth-order valence-electron chi connectivity index (χ4n) is 6.70. The normalized spacial score (nSPS) is 31.0. The number of carbonyl (C=O) groups is 1. The third kappa shape index (κ3) is 16.5. The zero-order chi connectivity index (χ0) is 37.6. The number of aliphatic hydroxyl groups is 8. The van der Waals surface area contributed by atoms with Gasteiger partial charge in [0, 0.05) is 6.42 Å². The summed E-state index contributed by atoms with van der Waals surface area (Å²) in [6.45, 7) is 2.72. The van der Waals surface area contributed by atoms with Crippen LogP contribution in [0.5, 0.6) is 0 Å². The van der Waals surface area contributed by atoms with E-state index >= 15 is 0 Å². The molecule has 0 saturated carbocycles. The van der Waals surface area contributed by atoms with Crippen LogP contribution in [-0.4, -0.2) is 140 Å².